The Morgan fingerprint density at radius 1 is 1.42 bits per heavy atom. The van der Waals surface area contributed by atoms with Crippen LogP contribution in [0.2, 0.25) is 0 Å². The smallest absolute Gasteiger partial charge is 0.242 e. The third kappa shape index (κ3) is 1.91. The van der Waals surface area contributed by atoms with Crippen molar-refractivity contribution in [1.29, 1.82) is 0 Å². The molecule has 0 aromatic heterocycles. The molecule has 0 saturated carbocycles. The van der Waals surface area contributed by atoms with Crippen LogP contribution in [-0.4, -0.2) is 35.8 Å². The van der Waals surface area contributed by atoms with Gasteiger partial charge in [-0.05, 0) is 24.0 Å². The minimum atomic E-state index is -0.297. The summed E-state index contributed by atoms with van der Waals surface area (Å²) in [4.78, 5) is 26.2. The van der Waals surface area contributed by atoms with Gasteiger partial charge in [-0.2, -0.15) is 0 Å². The molecule has 0 spiro atoms. The van der Waals surface area contributed by atoms with Gasteiger partial charge in [-0.15, -0.1) is 0 Å². The number of carbonyl (C=O) groups excluding carboxylic acids is 2. The zero-order chi connectivity index (χ0) is 13.4. The topological polar surface area (TPSA) is 49.4 Å². The number of nitrogens with one attached hydrogen (secondary N) is 1. The molecule has 0 radical (unpaired) electrons. The van der Waals surface area contributed by atoms with E-state index >= 15 is 0 Å². The molecule has 1 aromatic carbocycles. The molecule has 19 heavy (non-hydrogen) atoms. The summed E-state index contributed by atoms with van der Waals surface area (Å²) in [7, 11) is 0. The number of benzene rings is 1. The molecule has 1 saturated heterocycles. The molecular formula is C15H18N2O2. The highest BCUT2D eigenvalue weighted by Crippen LogP contribution is 2.36. The summed E-state index contributed by atoms with van der Waals surface area (Å²) in [6.45, 7) is 3.14. The van der Waals surface area contributed by atoms with E-state index in [2.05, 4.69) is 11.4 Å². The second-order valence-electron chi connectivity index (χ2n) is 5.20. The van der Waals surface area contributed by atoms with E-state index in [1.54, 1.807) is 4.90 Å². The monoisotopic (exact) mass is 258 g/mol. The van der Waals surface area contributed by atoms with Gasteiger partial charge in [-0.3, -0.25) is 9.59 Å². The number of carbonyl (C=O) groups is 2. The molecule has 4 nitrogen and oxygen atoms in total. The lowest BCUT2D eigenvalue weighted by molar-refractivity contribution is -0.144. The highest BCUT2D eigenvalue weighted by atomic mass is 16.2. The molecule has 2 aliphatic rings. The van der Waals surface area contributed by atoms with E-state index in [1.165, 1.54) is 5.56 Å². The van der Waals surface area contributed by atoms with Crippen molar-refractivity contribution in [2.24, 2.45) is 0 Å². The summed E-state index contributed by atoms with van der Waals surface area (Å²) in [6, 6.07) is 7.77. The molecule has 1 N–H and O–H groups in total. The minimum Gasteiger partial charge on any atom is -0.353 e. The fourth-order valence-electron chi connectivity index (χ4n) is 3.06. The normalized spacial score (nSPS) is 25.3. The summed E-state index contributed by atoms with van der Waals surface area (Å²) in [6.07, 6.45) is 1.48. The van der Waals surface area contributed by atoms with Gasteiger partial charge in [0.15, 0.2) is 0 Å². The van der Waals surface area contributed by atoms with Gasteiger partial charge in [-0.25, -0.2) is 0 Å². The largest absolute Gasteiger partial charge is 0.353 e. The number of rotatable bonds is 2. The molecule has 100 valence electrons. The van der Waals surface area contributed by atoms with Crippen molar-refractivity contribution in [2.45, 2.75) is 31.7 Å². The van der Waals surface area contributed by atoms with Crippen molar-refractivity contribution < 1.29 is 9.59 Å². The number of hydrogen-bond acceptors (Lipinski definition) is 2. The average molecular weight is 258 g/mol. The highest BCUT2D eigenvalue weighted by Gasteiger charge is 2.39. The lowest BCUT2D eigenvalue weighted by Gasteiger charge is -2.39. The maximum atomic E-state index is 12.6. The van der Waals surface area contributed by atoms with E-state index < -0.39 is 0 Å². The summed E-state index contributed by atoms with van der Waals surface area (Å²) in [5.74, 6) is 0.0475. The summed E-state index contributed by atoms with van der Waals surface area (Å²) in [5, 5.41) is 2.83. The molecule has 1 aromatic rings. The first-order chi connectivity index (χ1) is 9.22. The van der Waals surface area contributed by atoms with Gasteiger partial charge in [0.1, 0.15) is 6.04 Å². The Labute approximate surface area is 112 Å². The molecule has 4 heteroatoms. The number of piperazine rings is 1. The SMILES string of the molecule is CCC1C(=O)NCCN1C(=O)C1Cc2ccccc21. The van der Waals surface area contributed by atoms with Gasteiger partial charge >= 0.3 is 0 Å². The molecular weight excluding hydrogens is 240 g/mol. The molecule has 0 bridgehead atoms. The van der Waals surface area contributed by atoms with Crippen LogP contribution >= 0.6 is 0 Å². The molecule has 2 unspecified atom stereocenters. The maximum absolute atomic E-state index is 12.6. The molecule has 2 amide bonds. The first-order valence-electron chi connectivity index (χ1n) is 6.88. The van der Waals surface area contributed by atoms with Crippen LogP contribution in [0.4, 0.5) is 0 Å². The van der Waals surface area contributed by atoms with E-state index in [4.69, 9.17) is 0 Å². The summed E-state index contributed by atoms with van der Waals surface area (Å²) >= 11 is 0. The molecule has 1 fully saturated rings. The van der Waals surface area contributed by atoms with Crippen LogP contribution in [0.15, 0.2) is 24.3 Å². The van der Waals surface area contributed by atoms with Crippen LogP contribution in [0, 0.1) is 0 Å². The second kappa shape index (κ2) is 4.68. The fraction of sp³-hybridized carbons (Fsp3) is 0.467. The zero-order valence-corrected chi connectivity index (χ0v) is 11.1. The Hall–Kier alpha value is -1.84. The second-order valence-corrected chi connectivity index (χ2v) is 5.20. The van der Waals surface area contributed by atoms with Gasteiger partial charge in [0.05, 0.1) is 5.92 Å². The zero-order valence-electron chi connectivity index (χ0n) is 11.1. The predicted octanol–water partition coefficient (Wildman–Crippen LogP) is 1.06. The van der Waals surface area contributed by atoms with Gasteiger partial charge in [0.25, 0.3) is 0 Å². The van der Waals surface area contributed by atoms with E-state index in [0.717, 1.165) is 12.0 Å². The van der Waals surface area contributed by atoms with E-state index in [-0.39, 0.29) is 23.8 Å². The standard InChI is InChI=1S/C15H18N2O2/c1-2-13-14(18)16-7-8-17(13)15(19)12-9-10-5-3-4-6-11(10)12/h3-6,12-13H,2,7-9H2,1H3,(H,16,18). The molecule has 1 aliphatic heterocycles. The van der Waals surface area contributed by atoms with Gasteiger partial charge in [0.2, 0.25) is 11.8 Å². The van der Waals surface area contributed by atoms with Crippen LogP contribution in [-0.2, 0) is 16.0 Å². The number of hydrogen-bond donors (Lipinski definition) is 1. The molecule has 1 heterocycles. The Kier molecular flexibility index (Phi) is 3.01. The Morgan fingerprint density at radius 2 is 2.21 bits per heavy atom. The fourth-order valence-corrected chi connectivity index (χ4v) is 3.06. The highest BCUT2D eigenvalue weighted by molar-refractivity contribution is 5.93. The molecule has 2 atom stereocenters. The van der Waals surface area contributed by atoms with Crippen molar-refractivity contribution in [3.05, 3.63) is 35.4 Å². The van der Waals surface area contributed by atoms with Crippen LogP contribution < -0.4 is 5.32 Å². The Morgan fingerprint density at radius 3 is 2.95 bits per heavy atom. The van der Waals surface area contributed by atoms with Crippen molar-refractivity contribution >= 4 is 11.8 Å². The first kappa shape index (κ1) is 12.2. The minimum absolute atomic E-state index is 0.0188. The summed E-state index contributed by atoms with van der Waals surface area (Å²) in [5.41, 5.74) is 2.39. The van der Waals surface area contributed by atoms with Crippen molar-refractivity contribution in [3.63, 3.8) is 0 Å². The van der Waals surface area contributed by atoms with Crippen LogP contribution in [0.1, 0.15) is 30.4 Å². The lowest BCUT2D eigenvalue weighted by Crippen LogP contribution is -2.58. The van der Waals surface area contributed by atoms with Crippen LogP contribution in [0.25, 0.3) is 0 Å². The average Bonchev–Trinajstić information content (AvgIpc) is 2.39. The number of nitrogens with zero attached hydrogens (tertiary/aromatic N) is 1. The Balaban J connectivity index is 1.80. The molecule has 1 aliphatic carbocycles. The maximum Gasteiger partial charge on any atom is 0.242 e. The van der Waals surface area contributed by atoms with Gasteiger partial charge in [-0.1, -0.05) is 31.2 Å². The predicted molar refractivity (Wildman–Crippen MR) is 71.7 cm³/mol. The van der Waals surface area contributed by atoms with Crippen molar-refractivity contribution in [1.82, 2.24) is 10.2 Å². The first-order valence-corrected chi connectivity index (χ1v) is 6.88. The van der Waals surface area contributed by atoms with E-state index in [9.17, 15) is 9.59 Å². The van der Waals surface area contributed by atoms with Crippen LogP contribution in [0.5, 0.6) is 0 Å². The lowest BCUT2D eigenvalue weighted by atomic mass is 9.76. The number of fused-ring (bicyclic) bond motifs is 1. The van der Waals surface area contributed by atoms with Gasteiger partial charge in [0, 0.05) is 13.1 Å². The third-order valence-electron chi connectivity index (χ3n) is 4.15. The van der Waals surface area contributed by atoms with Crippen molar-refractivity contribution in [3.8, 4) is 0 Å². The van der Waals surface area contributed by atoms with Gasteiger partial charge < -0.3 is 10.2 Å². The quantitative estimate of drug-likeness (QED) is 0.862. The summed E-state index contributed by atoms with van der Waals surface area (Å²) < 4.78 is 0. The third-order valence-corrected chi connectivity index (χ3v) is 4.15. The van der Waals surface area contributed by atoms with E-state index in [1.807, 2.05) is 25.1 Å². The Bertz CT molecular complexity index is 527. The van der Waals surface area contributed by atoms with Crippen LogP contribution in [0.3, 0.4) is 0 Å². The van der Waals surface area contributed by atoms with E-state index in [0.29, 0.717) is 19.5 Å². The number of amides is 2. The van der Waals surface area contributed by atoms with Crippen molar-refractivity contribution in [2.75, 3.05) is 13.1 Å². The molecule has 3 rings (SSSR count).